The van der Waals surface area contributed by atoms with E-state index in [0.717, 1.165) is 5.56 Å². The van der Waals surface area contributed by atoms with Crippen molar-refractivity contribution < 1.29 is 19.1 Å². The second-order valence-corrected chi connectivity index (χ2v) is 6.04. The fourth-order valence-corrected chi connectivity index (χ4v) is 2.29. The van der Waals surface area contributed by atoms with Crippen molar-refractivity contribution in [2.24, 2.45) is 5.10 Å². The molecule has 0 spiro atoms. The molecule has 0 saturated heterocycles. The molecule has 0 bridgehead atoms. The van der Waals surface area contributed by atoms with E-state index in [0.29, 0.717) is 22.7 Å². The van der Waals surface area contributed by atoms with Crippen LogP contribution in [0.15, 0.2) is 47.6 Å². The van der Waals surface area contributed by atoms with E-state index in [9.17, 15) is 9.59 Å². The molecule has 2 rings (SSSR count). The molecule has 0 atom stereocenters. The first-order valence-electron chi connectivity index (χ1n) is 8.45. The third-order valence-corrected chi connectivity index (χ3v) is 3.38. The van der Waals surface area contributed by atoms with E-state index in [2.05, 4.69) is 15.8 Å². The number of methoxy groups -OCH3 is 1. The number of anilines is 1. The van der Waals surface area contributed by atoms with Crippen molar-refractivity contribution in [3.05, 3.63) is 53.6 Å². The average molecular weight is 369 g/mol. The lowest BCUT2D eigenvalue weighted by atomic mass is 10.2. The van der Waals surface area contributed by atoms with Crippen molar-refractivity contribution in [1.82, 2.24) is 5.43 Å². The number of hydrogen-bond donors (Lipinski definition) is 2. The van der Waals surface area contributed by atoms with Crippen LogP contribution in [0.1, 0.15) is 36.7 Å². The molecule has 0 aliphatic heterocycles. The second-order valence-electron chi connectivity index (χ2n) is 6.04. The van der Waals surface area contributed by atoms with Crippen LogP contribution in [0.3, 0.4) is 0 Å². The molecule has 0 aliphatic rings. The Morgan fingerprint density at radius 3 is 2.56 bits per heavy atom. The highest BCUT2D eigenvalue weighted by Crippen LogP contribution is 2.28. The van der Waals surface area contributed by atoms with Gasteiger partial charge in [0.2, 0.25) is 5.91 Å². The van der Waals surface area contributed by atoms with E-state index in [4.69, 9.17) is 9.47 Å². The quantitative estimate of drug-likeness (QED) is 0.579. The summed E-state index contributed by atoms with van der Waals surface area (Å²) >= 11 is 0. The van der Waals surface area contributed by atoms with Gasteiger partial charge in [0.1, 0.15) is 0 Å². The highest BCUT2D eigenvalue weighted by Gasteiger charge is 2.08. The zero-order valence-electron chi connectivity index (χ0n) is 15.8. The van der Waals surface area contributed by atoms with E-state index >= 15 is 0 Å². The Morgan fingerprint density at radius 2 is 1.89 bits per heavy atom. The molecule has 2 amide bonds. The average Bonchev–Trinajstić information content (AvgIpc) is 2.62. The molecule has 0 saturated carbocycles. The Kier molecular flexibility index (Phi) is 6.93. The maximum absolute atomic E-state index is 12.2. The van der Waals surface area contributed by atoms with Crippen LogP contribution in [0.5, 0.6) is 11.5 Å². The standard InChI is InChI=1S/C20H23N3O4/c1-13(2)27-18-9-8-15(10-19(18)26-4)12-21-23-20(25)16-6-5-7-17(11-16)22-14(3)24/h5-13H,1-4H3,(H,22,24)(H,23,25). The van der Waals surface area contributed by atoms with Gasteiger partial charge in [0.05, 0.1) is 19.4 Å². The summed E-state index contributed by atoms with van der Waals surface area (Å²) in [4.78, 5) is 23.3. The number of carbonyl (C=O) groups is 2. The Bertz CT molecular complexity index is 847. The molecule has 0 heterocycles. The summed E-state index contributed by atoms with van der Waals surface area (Å²) in [5, 5.41) is 6.60. The van der Waals surface area contributed by atoms with E-state index in [-0.39, 0.29) is 17.9 Å². The minimum atomic E-state index is -0.384. The van der Waals surface area contributed by atoms with Crippen molar-refractivity contribution >= 4 is 23.7 Å². The summed E-state index contributed by atoms with van der Waals surface area (Å²) in [5.41, 5.74) is 4.14. The van der Waals surface area contributed by atoms with Crippen LogP contribution < -0.4 is 20.2 Å². The van der Waals surface area contributed by atoms with Gasteiger partial charge in [-0.05, 0) is 55.8 Å². The summed E-state index contributed by atoms with van der Waals surface area (Å²) in [6.45, 7) is 5.28. The SMILES string of the molecule is COc1cc(C=NNC(=O)c2cccc(NC(C)=O)c2)ccc1OC(C)C. The zero-order chi connectivity index (χ0) is 19.8. The van der Waals surface area contributed by atoms with Crippen LogP contribution in [0.2, 0.25) is 0 Å². The molecule has 142 valence electrons. The maximum Gasteiger partial charge on any atom is 0.271 e. The third kappa shape index (κ3) is 6.14. The number of nitrogens with one attached hydrogen (secondary N) is 2. The van der Waals surface area contributed by atoms with Gasteiger partial charge in [0, 0.05) is 18.2 Å². The van der Waals surface area contributed by atoms with Gasteiger partial charge in [-0.15, -0.1) is 0 Å². The summed E-state index contributed by atoms with van der Waals surface area (Å²) in [6, 6.07) is 12.0. The summed E-state index contributed by atoms with van der Waals surface area (Å²) in [6.07, 6.45) is 1.54. The molecule has 0 unspecified atom stereocenters. The smallest absolute Gasteiger partial charge is 0.271 e. The van der Waals surface area contributed by atoms with Crippen LogP contribution in [0, 0.1) is 0 Å². The lowest BCUT2D eigenvalue weighted by Crippen LogP contribution is -2.18. The predicted octanol–water partition coefficient (Wildman–Crippen LogP) is 3.20. The number of hydrogen-bond acceptors (Lipinski definition) is 5. The highest BCUT2D eigenvalue weighted by molar-refractivity contribution is 5.97. The van der Waals surface area contributed by atoms with Gasteiger partial charge in [-0.25, -0.2) is 5.43 Å². The van der Waals surface area contributed by atoms with E-state index in [1.807, 2.05) is 19.9 Å². The van der Waals surface area contributed by atoms with E-state index in [1.165, 1.54) is 13.1 Å². The monoisotopic (exact) mass is 369 g/mol. The van der Waals surface area contributed by atoms with Gasteiger partial charge < -0.3 is 14.8 Å². The Balaban J connectivity index is 2.04. The first kappa shape index (κ1) is 20.0. The van der Waals surface area contributed by atoms with Crippen LogP contribution in [0.4, 0.5) is 5.69 Å². The van der Waals surface area contributed by atoms with Crippen molar-refractivity contribution in [1.29, 1.82) is 0 Å². The topological polar surface area (TPSA) is 89.0 Å². The lowest BCUT2D eigenvalue weighted by Gasteiger charge is -2.13. The number of rotatable bonds is 7. The summed E-state index contributed by atoms with van der Waals surface area (Å²) in [5.74, 6) is 0.639. The van der Waals surface area contributed by atoms with Crippen molar-refractivity contribution in [2.75, 3.05) is 12.4 Å². The second kappa shape index (κ2) is 9.38. The molecule has 2 aromatic carbocycles. The molecular weight excluding hydrogens is 346 g/mol. The zero-order valence-corrected chi connectivity index (χ0v) is 15.8. The van der Waals surface area contributed by atoms with Gasteiger partial charge in [0.25, 0.3) is 5.91 Å². The van der Waals surface area contributed by atoms with Gasteiger partial charge in [0.15, 0.2) is 11.5 Å². The molecule has 2 aromatic rings. The van der Waals surface area contributed by atoms with Crippen molar-refractivity contribution in [2.45, 2.75) is 26.9 Å². The lowest BCUT2D eigenvalue weighted by molar-refractivity contribution is -0.114. The highest BCUT2D eigenvalue weighted by atomic mass is 16.5. The Hall–Kier alpha value is -3.35. The van der Waals surface area contributed by atoms with Crippen LogP contribution in [0.25, 0.3) is 0 Å². The van der Waals surface area contributed by atoms with Gasteiger partial charge in [-0.3, -0.25) is 9.59 Å². The maximum atomic E-state index is 12.2. The molecule has 27 heavy (non-hydrogen) atoms. The molecule has 0 radical (unpaired) electrons. The van der Waals surface area contributed by atoms with E-state index < -0.39 is 0 Å². The van der Waals surface area contributed by atoms with E-state index in [1.54, 1.807) is 43.5 Å². The molecule has 0 aliphatic carbocycles. The normalized spacial score (nSPS) is 10.7. The number of carbonyl (C=O) groups excluding carboxylic acids is 2. The predicted molar refractivity (Wildman–Crippen MR) is 105 cm³/mol. The largest absolute Gasteiger partial charge is 0.493 e. The molecule has 7 heteroatoms. The van der Waals surface area contributed by atoms with Crippen LogP contribution in [-0.4, -0.2) is 31.2 Å². The minimum Gasteiger partial charge on any atom is -0.493 e. The van der Waals surface area contributed by atoms with Crippen molar-refractivity contribution in [3.8, 4) is 11.5 Å². The summed E-state index contributed by atoms with van der Waals surface area (Å²) < 4.78 is 11.0. The molecule has 0 aromatic heterocycles. The molecule has 0 fully saturated rings. The minimum absolute atomic E-state index is 0.0333. The first-order valence-corrected chi connectivity index (χ1v) is 8.45. The fraction of sp³-hybridized carbons (Fsp3) is 0.250. The number of hydrazone groups is 1. The van der Waals surface area contributed by atoms with Crippen molar-refractivity contribution in [3.63, 3.8) is 0 Å². The fourth-order valence-electron chi connectivity index (χ4n) is 2.29. The van der Waals surface area contributed by atoms with Gasteiger partial charge >= 0.3 is 0 Å². The van der Waals surface area contributed by atoms with Gasteiger partial charge in [-0.2, -0.15) is 5.10 Å². The summed E-state index contributed by atoms with van der Waals surface area (Å²) in [7, 11) is 1.56. The molecule has 7 nitrogen and oxygen atoms in total. The molecule has 2 N–H and O–H groups in total. The third-order valence-electron chi connectivity index (χ3n) is 3.38. The number of ether oxygens (including phenoxy) is 2. The first-order chi connectivity index (χ1) is 12.9. The van der Waals surface area contributed by atoms with Gasteiger partial charge in [-0.1, -0.05) is 6.07 Å². The number of benzene rings is 2. The molecular formula is C20H23N3O4. The van der Waals surface area contributed by atoms with Crippen LogP contribution >= 0.6 is 0 Å². The number of nitrogens with zero attached hydrogens (tertiary/aromatic N) is 1. The Morgan fingerprint density at radius 1 is 1.11 bits per heavy atom. The Labute approximate surface area is 158 Å². The number of amides is 2. The van der Waals surface area contributed by atoms with Crippen LogP contribution in [-0.2, 0) is 4.79 Å².